The van der Waals surface area contributed by atoms with Gasteiger partial charge in [0.15, 0.2) is 17.0 Å². The number of fused-ring (bicyclic) bond motifs is 2. The Morgan fingerprint density at radius 3 is 2.21 bits per heavy atom. The second-order valence-corrected chi connectivity index (χ2v) is 16.4. The molecule has 0 unspecified atom stereocenters. The predicted octanol–water partition coefficient (Wildman–Crippen LogP) is 4.38. The Balaban J connectivity index is 1.55. The monoisotopic (exact) mass is 645 g/mol. The van der Waals surface area contributed by atoms with Gasteiger partial charge in [-0.2, -0.15) is 0 Å². The van der Waals surface area contributed by atoms with Crippen molar-refractivity contribution in [1.29, 1.82) is 0 Å². The van der Waals surface area contributed by atoms with Crippen LogP contribution >= 0.6 is 15.2 Å². The first kappa shape index (κ1) is 32.1. The first-order chi connectivity index (χ1) is 20.5. The summed E-state index contributed by atoms with van der Waals surface area (Å²) in [6.45, 7) is 1.47. The van der Waals surface area contributed by atoms with E-state index < -0.39 is 43.4 Å². The molecular weight excluding hydrogens is 607 g/mol. The van der Waals surface area contributed by atoms with E-state index in [1.54, 1.807) is 4.57 Å². The van der Waals surface area contributed by atoms with Gasteiger partial charge in [0.1, 0.15) is 11.3 Å². The third-order valence-corrected chi connectivity index (χ3v) is 14.5. The van der Waals surface area contributed by atoms with Crippen molar-refractivity contribution in [3.8, 4) is 5.75 Å². The molecule has 238 valence electrons. The number of anilines is 1. The van der Waals surface area contributed by atoms with Crippen molar-refractivity contribution in [2.45, 2.75) is 43.2 Å². The number of aromatic carboxylic acids is 1. The molecule has 3 fully saturated rings. The van der Waals surface area contributed by atoms with Crippen molar-refractivity contribution < 1.29 is 46.3 Å². The van der Waals surface area contributed by atoms with E-state index in [1.807, 2.05) is 4.90 Å². The number of hydrogen-bond acceptors (Lipinski definition) is 11. The van der Waals surface area contributed by atoms with E-state index in [0.29, 0.717) is 25.2 Å². The zero-order valence-corrected chi connectivity index (χ0v) is 26.6. The maximum absolute atomic E-state index is 16.0. The van der Waals surface area contributed by atoms with Crippen LogP contribution in [0.1, 0.15) is 42.1 Å². The standard InChI is InChI=1S/C27H38FN3O10P2/c1-37-26-23-18(25(32)19(27(33)34)13-31(23)17-8-9-17)11-20(28)24(26)30-12-16-7-6-10-29(21(16)14-30)15-22(42(35,38-2)39-3)43(36,40-4)41-5/h11,13,16-17,21-22H,6-10,12,14-15H2,1-5H3,(H,33,34)/t16-,21+/m0/s1. The van der Waals surface area contributed by atoms with Gasteiger partial charge in [-0.05, 0) is 44.2 Å². The number of aromatic nitrogens is 1. The van der Waals surface area contributed by atoms with Gasteiger partial charge in [-0.15, -0.1) is 0 Å². The highest BCUT2D eigenvalue weighted by Gasteiger charge is 2.52. The van der Waals surface area contributed by atoms with E-state index >= 15 is 4.39 Å². The average molecular weight is 646 g/mol. The summed E-state index contributed by atoms with van der Waals surface area (Å²) < 4.78 is 71.5. The molecule has 0 bridgehead atoms. The summed E-state index contributed by atoms with van der Waals surface area (Å²) in [5.74, 6) is -1.81. The van der Waals surface area contributed by atoms with Crippen LogP contribution in [-0.4, -0.2) is 93.7 Å². The molecule has 3 aliphatic rings. The first-order valence-electron chi connectivity index (χ1n) is 14.1. The minimum Gasteiger partial charge on any atom is -0.492 e. The minimum absolute atomic E-state index is 0.0171. The van der Waals surface area contributed by atoms with Gasteiger partial charge >= 0.3 is 21.2 Å². The van der Waals surface area contributed by atoms with Gasteiger partial charge in [0.2, 0.25) is 5.43 Å². The number of carbonyl (C=O) groups is 1. The number of benzene rings is 1. The van der Waals surface area contributed by atoms with Crippen LogP contribution in [0, 0.1) is 11.7 Å². The summed E-state index contributed by atoms with van der Waals surface area (Å²) in [5.41, 5.74) is -0.626. The zero-order chi connectivity index (χ0) is 31.3. The van der Waals surface area contributed by atoms with Crippen LogP contribution in [0.25, 0.3) is 10.9 Å². The van der Waals surface area contributed by atoms with Gasteiger partial charge in [-0.25, -0.2) is 9.18 Å². The van der Waals surface area contributed by atoms with Crippen molar-refractivity contribution in [3.05, 3.63) is 33.9 Å². The van der Waals surface area contributed by atoms with Gasteiger partial charge in [0.05, 0.1) is 18.0 Å². The normalized spacial score (nSPS) is 21.5. The molecule has 5 rings (SSSR count). The Morgan fingerprint density at radius 2 is 1.67 bits per heavy atom. The average Bonchev–Trinajstić information content (AvgIpc) is 3.76. The van der Waals surface area contributed by atoms with Gasteiger partial charge in [-0.3, -0.25) is 18.8 Å². The minimum atomic E-state index is -3.92. The van der Waals surface area contributed by atoms with Gasteiger partial charge in [0.25, 0.3) is 0 Å². The SMILES string of the molecule is COc1c(N2C[C@@H]3CCCN(CC(P(=O)(OC)OC)P(=O)(OC)OC)[C@@H]3C2)c(F)cc2c(=O)c(C(=O)O)cn(C3CC3)c12. The molecule has 43 heavy (non-hydrogen) atoms. The molecule has 2 aliphatic heterocycles. The molecule has 2 atom stereocenters. The van der Waals surface area contributed by atoms with Crippen molar-refractivity contribution >= 4 is 37.8 Å². The van der Waals surface area contributed by atoms with Crippen LogP contribution in [0.15, 0.2) is 17.1 Å². The van der Waals surface area contributed by atoms with Crippen LogP contribution in [-0.2, 0) is 27.2 Å². The summed E-state index contributed by atoms with van der Waals surface area (Å²) in [4.78, 5) is 28.8. The molecule has 2 saturated heterocycles. The summed E-state index contributed by atoms with van der Waals surface area (Å²) in [7, 11) is -1.54. The van der Waals surface area contributed by atoms with Gasteiger partial charge < -0.3 is 37.4 Å². The Hall–Kier alpha value is -2.31. The largest absolute Gasteiger partial charge is 0.492 e. The second kappa shape index (κ2) is 12.2. The quantitative estimate of drug-likeness (QED) is 0.327. The molecule has 16 heteroatoms. The number of methoxy groups -OCH3 is 1. The lowest BCUT2D eigenvalue weighted by molar-refractivity contribution is 0.0694. The van der Waals surface area contributed by atoms with E-state index in [1.165, 1.54) is 41.7 Å². The van der Waals surface area contributed by atoms with E-state index in [-0.39, 0.29) is 41.4 Å². The summed E-state index contributed by atoms with van der Waals surface area (Å²) in [6.07, 6.45) is 4.58. The highest BCUT2D eigenvalue weighted by Crippen LogP contribution is 2.69. The number of piperidine rings is 1. The number of carboxylic acids is 1. The molecular formula is C27H38FN3O10P2. The van der Waals surface area contributed by atoms with Gasteiger partial charge in [0, 0.05) is 66.4 Å². The lowest BCUT2D eigenvalue weighted by Crippen LogP contribution is -2.48. The predicted molar refractivity (Wildman–Crippen MR) is 157 cm³/mol. The number of ether oxygens (including phenoxy) is 1. The topological polar surface area (TPSA) is 146 Å². The van der Waals surface area contributed by atoms with Crippen LogP contribution in [0.5, 0.6) is 5.75 Å². The lowest BCUT2D eigenvalue weighted by atomic mass is 9.92. The van der Waals surface area contributed by atoms with Crippen molar-refractivity contribution in [3.63, 3.8) is 0 Å². The Morgan fingerprint density at radius 1 is 1.05 bits per heavy atom. The van der Waals surface area contributed by atoms with Crippen molar-refractivity contribution in [2.24, 2.45) is 5.92 Å². The van der Waals surface area contributed by atoms with E-state index in [9.17, 15) is 23.8 Å². The van der Waals surface area contributed by atoms with Crippen LogP contribution in [0.4, 0.5) is 10.1 Å². The van der Waals surface area contributed by atoms with Crippen LogP contribution in [0.3, 0.4) is 0 Å². The fraction of sp³-hybridized carbons (Fsp3) is 0.630. The van der Waals surface area contributed by atoms with Crippen LogP contribution < -0.4 is 15.1 Å². The fourth-order valence-corrected chi connectivity index (χ4v) is 11.2. The molecule has 0 amide bonds. The molecule has 1 aromatic carbocycles. The maximum atomic E-state index is 16.0. The molecule has 1 N–H and O–H groups in total. The molecule has 13 nitrogen and oxygen atoms in total. The molecule has 0 radical (unpaired) electrons. The van der Waals surface area contributed by atoms with E-state index in [4.69, 9.17) is 22.8 Å². The highest BCUT2D eigenvalue weighted by molar-refractivity contribution is 7.72. The molecule has 1 aliphatic carbocycles. The number of nitrogens with zero attached hydrogens (tertiary/aromatic N) is 3. The molecule has 2 aromatic rings. The van der Waals surface area contributed by atoms with E-state index in [0.717, 1.165) is 31.7 Å². The molecule has 3 heterocycles. The maximum Gasteiger partial charge on any atom is 0.346 e. The van der Waals surface area contributed by atoms with E-state index in [2.05, 4.69) is 4.90 Å². The Labute approximate surface area is 248 Å². The second-order valence-electron chi connectivity index (χ2n) is 11.1. The van der Waals surface area contributed by atoms with Gasteiger partial charge in [-0.1, -0.05) is 0 Å². The lowest BCUT2D eigenvalue weighted by Gasteiger charge is -2.40. The zero-order valence-electron chi connectivity index (χ0n) is 24.9. The fourth-order valence-electron chi connectivity index (χ4n) is 6.63. The van der Waals surface area contributed by atoms with Crippen molar-refractivity contribution in [2.75, 3.05) is 66.6 Å². The third-order valence-electron chi connectivity index (χ3n) is 8.93. The number of pyridine rings is 1. The smallest absolute Gasteiger partial charge is 0.346 e. The Bertz CT molecular complexity index is 1520. The first-order valence-corrected chi connectivity index (χ1v) is 17.3. The van der Waals surface area contributed by atoms with Crippen molar-refractivity contribution in [1.82, 2.24) is 9.47 Å². The summed E-state index contributed by atoms with van der Waals surface area (Å²) in [5, 5.41) is 8.36. The highest BCUT2D eigenvalue weighted by atomic mass is 31.2. The number of carboxylic acid groups (broad SMARTS) is 1. The summed E-state index contributed by atoms with van der Waals surface area (Å²) >= 11 is 0. The number of rotatable bonds is 12. The molecule has 0 spiro atoms. The molecule has 1 saturated carbocycles. The third kappa shape index (κ3) is 5.56. The Kier molecular flexibility index (Phi) is 9.13. The number of halogens is 1. The number of hydrogen-bond donors (Lipinski definition) is 1. The number of likely N-dealkylation sites (tertiary alicyclic amines) is 1. The van der Waals surface area contributed by atoms with Crippen LogP contribution in [0.2, 0.25) is 0 Å². The molecule has 1 aromatic heterocycles. The summed E-state index contributed by atoms with van der Waals surface area (Å²) in [6, 6.07) is 0.953.